The summed E-state index contributed by atoms with van der Waals surface area (Å²) in [6, 6.07) is 14.6. The number of carbonyl (C=O) groups is 2. The lowest BCUT2D eigenvalue weighted by atomic mass is 10.2. The number of thioether (sulfide) groups is 1. The molecule has 1 fully saturated rings. The van der Waals surface area contributed by atoms with E-state index in [0.29, 0.717) is 39.3 Å². The van der Waals surface area contributed by atoms with Gasteiger partial charge in [-0.2, -0.15) is 0 Å². The number of rotatable bonds is 6. The summed E-state index contributed by atoms with van der Waals surface area (Å²) in [6.45, 7) is 0.413. The maximum atomic E-state index is 12.6. The van der Waals surface area contributed by atoms with E-state index in [1.807, 2.05) is 30.3 Å². The van der Waals surface area contributed by atoms with Crippen molar-refractivity contribution in [2.24, 2.45) is 0 Å². The van der Waals surface area contributed by atoms with E-state index in [0.717, 1.165) is 10.0 Å². The second-order valence-electron chi connectivity index (χ2n) is 6.04. The first-order valence-corrected chi connectivity index (χ1v) is 10.9. The van der Waals surface area contributed by atoms with E-state index in [2.05, 4.69) is 21.2 Å². The van der Waals surface area contributed by atoms with Gasteiger partial charge in [-0.3, -0.25) is 14.5 Å². The molecule has 2 aromatic carbocycles. The number of amides is 2. The van der Waals surface area contributed by atoms with Gasteiger partial charge in [-0.15, -0.1) is 0 Å². The minimum Gasteiger partial charge on any atom is -0.326 e. The molecule has 8 heteroatoms. The summed E-state index contributed by atoms with van der Waals surface area (Å²) in [5.74, 6) is -0.228. The molecule has 0 aromatic heterocycles. The Morgan fingerprint density at radius 1 is 1.18 bits per heavy atom. The molecule has 2 amide bonds. The fraction of sp³-hybridized carbons (Fsp3) is 0.150. The summed E-state index contributed by atoms with van der Waals surface area (Å²) < 4.78 is 1.50. The van der Waals surface area contributed by atoms with Crippen molar-refractivity contribution in [1.29, 1.82) is 0 Å². The van der Waals surface area contributed by atoms with Crippen molar-refractivity contribution in [2.45, 2.75) is 12.8 Å². The number of hydrogen-bond donors (Lipinski definition) is 1. The zero-order valence-electron chi connectivity index (χ0n) is 14.7. The van der Waals surface area contributed by atoms with E-state index in [9.17, 15) is 9.59 Å². The molecule has 0 saturated carbocycles. The molecular weight excluding hydrogens is 480 g/mol. The first-order valence-electron chi connectivity index (χ1n) is 8.49. The Kier molecular flexibility index (Phi) is 7.29. The number of hydrogen-bond acceptors (Lipinski definition) is 4. The summed E-state index contributed by atoms with van der Waals surface area (Å²) in [4.78, 5) is 26.8. The van der Waals surface area contributed by atoms with E-state index in [4.69, 9.17) is 23.8 Å². The molecular formula is C20H16BrClN2O2S2. The Labute approximate surface area is 186 Å². The maximum Gasteiger partial charge on any atom is 0.266 e. The third-order valence-electron chi connectivity index (χ3n) is 3.95. The van der Waals surface area contributed by atoms with Crippen LogP contribution in [0.25, 0.3) is 6.08 Å². The van der Waals surface area contributed by atoms with Crippen molar-refractivity contribution in [3.63, 3.8) is 0 Å². The molecule has 1 aliphatic rings. The number of nitrogens with zero attached hydrogens (tertiary/aromatic N) is 1. The molecule has 0 unspecified atom stereocenters. The van der Waals surface area contributed by atoms with Crippen LogP contribution in [0, 0.1) is 0 Å². The number of thiocarbonyl (C=S) groups is 1. The second kappa shape index (κ2) is 9.69. The average molecular weight is 496 g/mol. The zero-order valence-corrected chi connectivity index (χ0v) is 18.6. The van der Waals surface area contributed by atoms with Crippen LogP contribution >= 0.6 is 51.5 Å². The molecule has 28 heavy (non-hydrogen) atoms. The van der Waals surface area contributed by atoms with Crippen LogP contribution in [0.3, 0.4) is 0 Å². The van der Waals surface area contributed by atoms with Crippen molar-refractivity contribution in [2.75, 3.05) is 11.9 Å². The van der Waals surface area contributed by atoms with Crippen molar-refractivity contribution in [3.8, 4) is 0 Å². The number of benzene rings is 2. The highest BCUT2D eigenvalue weighted by Gasteiger charge is 2.31. The molecule has 3 rings (SSSR count). The number of anilines is 1. The monoisotopic (exact) mass is 494 g/mol. The molecule has 0 aliphatic carbocycles. The largest absolute Gasteiger partial charge is 0.326 e. The fourth-order valence-electron chi connectivity index (χ4n) is 2.56. The quantitative estimate of drug-likeness (QED) is 0.411. The van der Waals surface area contributed by atoms with Gasteiger partial charge in [-0.05, 0) is 54.5 Å². The first kappa shape index (κ1) is 21.0. The lowest BCUT2D eigenvalue weighted by molar-refractivity contribution is -0.122. The molecule has 1 saturated heterocycles. The molecule has 1 heterocycles. The Morgan fingerprint density at radius 3 is 2.54 bits per heavy atom. The predicted octanol–water partition coefficient (Wildman–Crippen LogP) is 5.72. The summed E-state index contributed by atoms with van der Waals surface area (Å²) >= 11 is 15.8. The van der Waals surface area contributed by atoms with Crippen LogP contribution in [-0.4, -0.2) is 27.6 Å². The van der Waals surface area contributed by atoms with Gasteiger partial charge in [0.15, 0.2) is 0 Å². The molecule has 2 aromatic rings. The first-order chi connectivity index (χ1) is 13.4. The Morgan fingerprint density at radius 2 is 1.86 bits per heavy atom. The molecule has 0 atom stereocenters. The van der Waals surface area contributed by atoms with Crippen LogP contribution in [0.5, 0.6) is 0 Å². The van der Waals surface area contributed by atoms with Crippen molar-refractivity contribution >= 4 is 79.4 Å². The van der Waals surface area contributed by atoms with E-state index in [1.165, 1.54) is 11.8 Å². The van der Waals surface area contributed by atoms with Gasteiger partial charge in [-0.25, -0.2) is 0 Å². The highest BCUT2D eigenvalue weighted by molar-refractivity contribution is 9.10. The maximum absolute atomic E-state index is 12.6. The number of carbonyl (C=O) groups excluding carboxylic acids is 2. The van der Waals surface area contributed by atoms with Crippen LogP contribution in [0.4, 0.5) is 5.69 Å². The minimum atomic E-state index is -0.115. The fourth-order valence-corrected chi connectivity index (χ4v) is 4.26. The van der Waals surface area contributed by atoms with E-state index in [-0.39, 0.29) is 11.8 Å². The molecule has 1 N–H and O–H groups in total. The van der Waals surface area contributed by atoms with Crippen LogP contribution in [0.1, 0.15) is 18.4 Å². The topological polar surface area (TPSA) is 49.4 Å². The average Bonchev–Trinajstić information content (AvgIpc) is 2.93. The van der Waals surface area contributed by atoms with Crippen molar-refractivity contribution < 1.29 is 9.59 Å². The minimum absolute atomic E-state index is 0.113. The molecule has 0 bridgehead atoms. The summed E-state index contributed by atoms with van der Waals surface area (Å²) in [6.07, 6.45) is 2.65. The smallest absolute Gasteiger partial charge is 0.266 e. The van der Waals surface area contributed by atoms with Crippen molar-refractivity contribution in [3.05, 3.63) is 68.5 Å². The highest BCUT2D eigenvalue weighted by Crippen LogP contribution is 2.32. The molecule has 1 aliphatic heterocycles. The molecule has 144 valence electrons. The van der Waals surface area contributed by atoms with Gasteiger partial charge in [0.25, 0.3) is 5.91 Å². The van der Waals surface area contributed by atoms with E-state index in [1.54, 1.807) is 29.2 Å². The van der Waals surface area contributed by atoms with Crippen LogP contribution in [-0.2, 0) is 9.59 Å². The third-order valence-corrected chi connectivity index (χ3v) is 6.11. The standard InChI is InChI=1S/C20H16BrClN2O2S2/c21-14-5-3-13(4-6-14)12-17-19(26)24(20(27)28-17)11-1-2-18(25)23-16-9-7-15(22)8-10-16/h3-10,12H,1-2,11H2,(H,23,25). The van der Waals surface area contributed by atoms with Crippen LogP contribution < -0.4 is 5.32 Å². The SMILES string of the molecule is O=C(CCCN1C(=O)C(=Cc2ccc(Br)cc2)SC1=S)Nc1ccc(Cl)cc1. The lowest BCUT2D eigenvalue weighted by Gasteiger charge is -2.14. The van der Waals surface area contributed by atoms with E-state index < -0.39 is 0 Å². The van der Waals surface area contributed by atoms with Gasteiger partial charge >= 0.3 is 0 Å². The van der Waals surface area contributed by atoms with Crippen LogP contribution in [0.15, 0.2) is 57.9 Å². The summed E-state index contributed by atoms with van der Waals surface area (Å²) in [5, 5.41) is 3.42. The Balaban J connectivity index is 1.52. The van der Waals surface area contributed by atoms with Gasteiger partial charge in [-0.1, -0.05) is 63.6 Å². The van der Waals surface area contributed by atoms with Gasteiger partial charge in [0, 0.05) is 28.1 Å². The summed E-state index contributed by atoms with van der Waals surface area (Å²) in [5.41, 5.74) is 1.63. The van der Waals surface area contributed by atoms with Crippen LogP contribution in [0.2, 0.25) is 5.02 Å². The number of halogens is 2. The Hall–Kier alpha value is -1.67. The van der Waals surface area contributed by atoms with E-state index >= 15 is 0 Å². The van der Waals surface area contributed by atoms with Gasteiger partial charge in [0.05, 0.1) is 4.91 Å². The zero-order chi connectivity index (χ0) is 20.1. The normalized spacial score (nSPS) is 15.4. The predicted molar refractivity (Wildman–Crippen MR) is 123 cm³/mol. The van der Waals surface area contributed by atoms with Crippen molar-refractivity contribution in [1.82, 2.24) is 4.90 Å². The lowest BCUT2D eigenvalue weighted by Crippen LogP contribution is -2.29. The van der Waals surface area contributed by atoms with Gasteiger partial charge < -0.3 is 5.32 Å². The third kappa shape index (κ3) is 5.67. The number of nitrogens with one attached hydrogen (secondary N) is 1. The van der Waals surface area contributed by atoms with Gasteiger partial charge in [0.2, 0.25) is 5.91 Å². The second-order valence-corrected chi connectivity index (χ2v) is 9.07. The highest BCUT2D eigenvalue weighted by atomic mass is 79.9. The Bertz CT molecular complexity index is 930. The molecule has 4 nitrogen and oxygen atoms in total. The molecule has 0 spiro atoms. The molecule has 0 radical (unpaired) electrons. The van der Waals surface area contributed by atoms with Gasteiger partial charge in [0.1, 0.15) is 4.32 Å². The summed E-state index contributed by atoms with van der Waals surface area (Å²) in [7, 11) is 0.